The summed E-state index contributed by atoms with van der Waals surface area (Å²) in [5.41, 5.74) is 0.819. The zero-order chi connectivity index (χ0) is 17.1. The molecule has 3 rings (SSSR count). The summed E-state index contributed by atoms with van der Waals surface area (Å²) in [5, 5.41) is 0. The number of amides is 2. The summed E-state index contributed by atoms with van der Waals surface area (Å²) in [4.78, 5) is 40.2. The number of ether oxygens (including phenoxy) is 2. The van der Waals surface area contributed by atoms with Crippen molar-refractivity contribution < 1.29 is 23.9 Å². The molecule has 2 saturated heterocycles. The van der Waals surface area contributed by atoms with Gasteiger partial charge in [-0.3, -0.25) is 9.59 Å². The maximum atomic E-state index is 12.6. The van der Waals surface area contributed by atoms with Crippen LogP contribution in [-0.4, -0.2) is 62.6 Å². The molecular weight excluding hydrogens is 312 g/mol. The molecule has 0 aliphatic carbocycles. The minimum Gasteiger partial charge on any atom is -0.465 e. The third kappa shape index (κ3) is 3.12. The zero-order valence-corrected chi connectivity index (χ0v) is 13.6. The van der Waals surface area contributed by atoms with Crippen LogP contribution in [0.5, 0.6) is 0 Å². The number of methoxy groups -OCH3 is 1. The van der Waals surface area contributed by atoms with Gasteiger partial charge >= 0.3 is 5.97 Å². The van der Waals surface area contributed by atoms with Gasteiger partial charge in [0.15, 0.2) is 0 Å². The van der Waals surface area contributed by atoms with Crippen LogP contribution < -0.4 is 4.90 Å². The first-order valence-corrected chi connectivity index (χ1v) is 7.96. The van der Waals surface area contributed by atoms with Crippen LogP contribution in [0.3, 0.4) is 0 Å². The largest absolute Gasteiger partial charge is 0.465 e. The molecule has 0 radical (unpaired) electrons. The lowest BCUT2D eigenvalue weighted by Gasteiger charge is -2.29. The fourth-order valence-corrected chi connectivity index (χ4v) is 3.14. The van der Waals surface area contributed by atoms with Crippen LogP contribution in [0.15, 0.2) is 24.3 Å². The summed E-state index contributed by atoms with van der Waals surface area (Å²) >= 11 is 0. The van der Waals surface area contributed by atoms with E-state index in [2.05, 4.69) is 0 Å². The molecule has 0 aromatic heterocycles. The van der Waals surface area contributed by atoms with Gasteiger partial charge in [0, 0.05) is 26.1 Å². The summed E-state index contributed by atoms with van der Waals surface area (Å²) in [6, 6.07) is 6.79. The van der Waals surface area contributed by atoms with Gasteiger partial charge in [-0.1, -0.05) is 12.1 Å². The summed E-state index contributed by atoms with van der Waals surface area (Å²) in [5.74, 6) is -1.06. The van der Waals surface area contributed by atoms with E-state index in [4.69, 9.17) is 9.47 Å². The van der Waals surface area contributed by atoms with Gasteiger partial charge in [0.2, 0.25) is 11.8 Å². The average Bonchev–Trinajstić information content (AvgIpc) is 3.02. The Morgan fingerprint density at radius 1 is 1.21 bits per heavy atom. The number of morpholine rings is 1. The number of rotatable bonds is 3. The molecule has 7 heteroatoms. The van der Waals surface area contributed by atoms with Crippen LogP contribution in [0.2, 0.25) is 0 Å². The van der Waals surface area contributed by atoms with Crippen LogP contribution in [0.4, 0.5) is 5.69 Å². The molecule has 128 valence electrons. The van der Waals surface area contributed by atoms with E-state index < -0.39 is 5.97 Å². The molecule has 0 bridgehead atoms. The van der Waals surface area contributed by atoms with Crippen molar-refractivity contribution in [1.29, 1.82) is 0 Å². The van der Waals surface area contributed by atoms with Gasteiger partial charge in [-0.05, 0) is 12.1 Å². The number of carbonyl (C=O) groups is 3. The van der Waals surface area contributed by atoms with Crippen molar-refractivity contribution >= 4 is 23.5 Å². The Morgan fingerprint density at radius 2 is 1.92 bits per heavy atom. The highest BCUT2D eigenvalue weighted by Crippen LogP contribution is 2.29. The van der Waals surface area contributed by atoms with Crippen molar-refractivity contribution in [1.82, 2.24) is 4.90 Å². The maximum Gasteiger partial charge on any atom is 0.339 e. The molecule has 1 unspecified atom stereocenters. The second kappa shape index (κ2) is 7.00. The lowest BCUT2D eigenvalue weighted by Crippen LogP contribution is -2.44. The topological polar surface area (TPSA) is 76.2 Å². The molecule has 1 aromatic rings. The van der Waals surface area contributed by atoms with Crippen molar-refractivity contribution in [2.75, 3.05) is 44.9 Å². The molecule has 0 spiro atoms. The monoisotopic (exact) mass is 332 g/mol. The number of hydrogen-bond donors (Lipinski definition) is 0. The fraction of sp³-hybridized carbons (Fsp3) is 0.471. The predicted octanol–water partition coefficient (Wildman–Crippen LogP) is 0.685. The first kappa shape index (κ1) is 16.4. The molecule has 2 fully saturated rings. The maximum absolute atomic E-state index is 12.6. The van der Waals surface area contributed by atoms with E-state index in [1.165, 1.54) is 12.0 Å². The minimum atomic E-state index is -0.499. The number of hydrogen-bond acceptors (Lipinski definition) is 5. The Kier molecular flexibility index (Phi) is 4.80. The first-order chi connectivity index (χ1) is 11.6. The van der Waals surface area contributed by atoms with E-state index in [-0.39, 0.29) is 30.7 Å². The number of anilines is 1. The molecule has 24 heavy (non-hydrogen) atoms. The van der Waals surface area contributed by atoms with Gasteiger partial charge in [-0.2, -0.15) is 0 Å². The van der Waals surface area contributed by atoms with E-state index in [0.717, 1.165) is 0 Å². The Labute approximate surface area is 140 Å². The molecule has 7 nitrogen and oxygen atoms in total. The van der Waals surface area contributed by atoms with Gasteiger partial charge in [0.05, 0.1) is 37.5 Å². The fourth-order valence-electron chi connectivity index (χ4n) is 3.14. The Hall–Kier alpha value is -2.41. The van der Waals surface area contributed by atoms with Crippen LogP contribution in [0.1, 0.15) is 16.8 Å². The number of nitrogens with zero attached hydrogens (tertiary/aromatic N) is 2. The minimum absolute atomic E-state index is 0.0234. The van der Waals surface area contributed by atoms with Crippen molar-refractivity contribution in [3.05, 3.63) is 29.8 Å². The van der Waals surface area contributed by atoms with Crippen molar-refractivity contribution in [3.63, 3.8) is 0 Å². The van der Waals surface area contributed by atoms with Crippen LogP contribution in [0.25, 0.3) is 0 Å². The predicted molar refractivity (Wildman–Crippen MR) is 85.6 cm³/mol. The zero-order valence-electron chi connectivity index (χ0n) is 13.6. The van der Waals surface area contributed by atoms with Gasteiger partial charge < -0.3 is 19.3 Å². The first-order valence-electron chi connectivity index (χ1n) is 7.96. The summed E-state index contributed by atoms with van der Waals surface area (Å²) in [7, 11) is 1.30. The third-order valence-electron chi connectivity index (χ3n) is 4.40. The molecular formula is C17H20N2O5. The van der Waals surface area contributed by atoms with E-state index in [0.29, 0.717) is 37.6 Å². The highest BCUT2D eigenvalue weighted by Gasteiger charge is 2.38. The van der Waals surface area contributed by atoms with Crippen LogP contribution >= 0.6 is 0 Å². The molecule has 1 atom stereocenters. The van der Waals surface area contributed by atoms with Crippen molar-refractivity contribution in [2.24, 2.45) is 5.92 Å². The second-order valence-corrected chi connectivity index (χ2v) is 5.85. The van der Waals surface area contributed by atoms with E-state index in [1.807, 2.05) is 0 Å². The van der Waals surface area contributed by atoms with Crippen LogP contribution in [-0.2, 0) is 19.1 Å². The molecule has 0 N–H and O–H groups in total. The molecule has 2 aliphatic heterocycles. The number of carbonyl (C=O) groups excluding carboxylic acids is 3. The van der Waals surface area contributed by atoms with E-state index in [1.54, 1.807) is 29.2 Å². The average molecular weight is 332 g/mol. The number of para-hydroxylation sites is 1. The van der Waals surface area contributed by atoms with Gasteiger partial charge in [-0.25, -0.2) is 4.79 Å². The highest BCUT2D eigenvalue weighted by molar-refractivity contribution is 6.05. The van der Waals surface area contributed by atoms with E-state index >= 15 is 0 Å². The van der Waals surface area contributed by atoms with Crippen molar-refractivity contribution in [2.45, 2.75) is 6.42 Å². The Morgan fingerprint density at radius 3 is 2.62 bits per heavy atom. The van der Waals surface area contributed by atoms with Gasteiger partial charge in [0.1, 0.15) is 0 Å². The molecule has 2 amide bonds. The SMILES string of the molecule is COC(=O)c1ccccc1N1CC(C(=O)N2CCOCC2)CC1=O. The molecule has 2 aliphatic rings. The Balaban J connectivity index is 1.78. The second-order valence-electron chi connectivity index (χ2n) is 5.85. The van der Waals surface area contributed by atoms with E-state index in [9.17, 15) is 14.4 Å². The van der Waals surface area contributed by atoms with Gasteiger partial charge in [-0.15, -0.1) is 0 Å². The van der Waals surface area contributed by atoms with Crippen LogP contribution in [0, 0.1) is 5.92 Å². The summed E-state index contributed by atoms with van der Waals surface area (Å²) in [6.07, 6.45) is 0.158. The Bertz CT molecular complexity index is 654. The van der Waals surface area contributed by atoms with Gasteiger partial charge in [0.25, 0.3) is 0 Å². The molecule has 1 aromatic carbocycles. The standard InChI is InChI=1S/C17H20N2O5/c1-23-17(22)13-4-2-3-5-14(13)19-11-12(10-15(19)20)16(21)18-6-8-24-9-7-18/h2-5,12H,6-11H2,1H3. The summed E-state index contributed by atoms with van der Waals surface area (Å²) < 4.78 is 10.0. The summed E-state index contributed by atoms with van der Waals surface area (Å²) in [6.45, 7) is 2.45. The lowest BCUT2D eigenvalue weighted by atomic mass is 10.1. The lowest BCUT2D eigenvalue weighted by molar-refractivity contribution is -0.139. The van der Waals surface area contributed by atoms with Crippen molar-refractivity contribution in [3.8, 4) is 0 Å². The third-order valence-corrected chi connectivity index (χ3v) is 4.40. The smallest absolute Gasteiger partial charge is 0.339 e. The quantitative estimate of drug-likeness (QED) is 0.761. The molecule has 2 heterocycles. The normalized spacial score (nSPS) is 21.0. The number of esters is 1. The highest BCUT2D eigenvalue weighted by atomic mass is 16.5. The number of benzene rings is 1. The molecule has 0 saturated carbocycles.